The second-order valence-corrected chi connectivity index (χ2v) is 6.72. The largest absolute Gasteiger partial charge is 0.444 e. The van der Waals surface area contributed by atoms with Gasteiger partial charge in [0.1, 0.15) is 5.60 Å². The van der Waals surface area contributed by atoms with Crippen LogP contribution in [-0.4, -0.2) is 48.6 Å². The summed E-state index contributed by atoms with van der Waals surface area (Å²) in [5.74, 6) is 0. The van der Waals surface area contributed by atoms with Gasteiger partial charge < -0.3 is 25.2 Å². The van der Waals surface area contributed by atoms with Gasteiger partial charge in [-0.05, 0) is 33.3 Å². The molecule has 6 heteroatoms. The van der Waals surface area contributed by atoms with Crippen LogP contribution in [0.3, 0.4) is 0 Å². The Morgan fingerprint density at radius 2 is 1.92 bits per heavy atom. The zero-order chi connectivity index (χ0) is 18.0. The van der Waals surface area contributed by atoms with Crippen molar-refractivity contribution >= 4 is 6.09 Å². The second kappa shape index (κ2) is 10.3. The predicted molar refractivity (Wildman–Crippen MR) is 93.8 cm³/mol. The minimum Gasteiger partial charge on any atom is -0.444 e. The van der Waals surface area contributed by atoms with E-state index in [9.17, 15) is 9.90 Å². The van der Waals surface area contributed by atoms with E-state index in [0.29, 0.717) is 19.8 Å². The number of rotatable bonds is 9. The molecule has 0 bridgehead atoms. The van der Waals surface area contributed by atoms with E-state index in [-0.39, 0.29) is 12.6 Å². The summed E-state index contributed by atoms with van der Waals surface area (Å²) in [7, 11) is 0. The van der Waals surface area contributed by atoms with Crippen molar-refractivity contribution in [3.05, 3.63) is 35.9 Å². The number of aliphatic hydroxyl groups excluding tert-OH is 1. The fourth-order valence-corrected chi connectivity index (χ4v) is 2.05. The SMILES string of the molecule is CC(NCCOCc1ccccc1)C(CO)NC(=O)OC(C)(C)C. The molecule has 1 rings (SSSR count). The number of alkyl carbamates (subject to hydrolysis) is 1. The van der Waals surface area contributed by atoms with Gasteiger partial charge in [0, 0.05) is 12.6 Å². The third-order valence-corrected chi connectivity index (χ3v) is 3.33. The van der Waals surface area contributed by atoms with E-state index in [4.69, 9.17) is 9.47 Å². The molecule has 1 aromatic rings. The van der Waals surface area contributed by atoms with Crippen LogP contribution in [0, 0.1) is 0 Å². The van der Waals surface area contributed by atoms with Crippen molar-refractivity contribution in [3.8, 4) is 0 Å². The van der Waals surface area contributed by atoms with Crippen LogP contribution < -0.4 is 10.6 Å². The molecule has 0 heterocycles. The molecule has 1 aromatic carbocycles. The van der Waals surface area contributed by atoms with Crippen LogP contribution in [0.1, 0.15) is 33.3 Å². The van der Waals surface area contributed by atoms with Crippen molar-refractivity contribution in [2.75, 3.05) is 19.8 Å². The van der Waals surface area contributed by atoms with Gasteiger partial charge in [-0.3, -0.25) is 0 Å². The van der Waals surface area contributed by atoms with Crippen molar-refractivity contribution in [1.29, 1.82) is 0 Å². The lowest BCUT2D eigenvalue weighted by atomic mass is 10.1. The van der Waals surface area contributed by atoms with E-state index < -0.39 is 17.7 Å². The van der Waals surface area contributed by atoms with Crippen molar-refractivity contribution in [2.24, 2.45) is 0 Å². The van der Waals surface area contributed by atoms with Crippen molar-refractivity contribution < 1.29 is 19.4 Å². The van der Waals surface area contributed by atoms with Gasteiger partial charge >= 0.3 is 6.09 Å². The Kier molecular flexibility index (Phi) is 8.74. The molecule has 0 fully saturated rings. The van der Waals surface area contributed by atoms with Crippen molar-refractivity contribution in [3.63, 3.8) is 0 Å². The van der Waals surface area contributed by atoms with Gasteiger partial charge in [-0.2, -0.15) is 0 Å². The van der Waals surface area contributed by atoms with Crippen molar-refractivity contribution in [2.45, 2.75) is 52.0 Å². The Balaban J connectivity index is 2.24. The number of ether oxygens (including phenoxy) is 2. The summed E-state index contributed by atoms with van der Waals surface area (Å²) in [4.78, 5) is 11.8. The monoisotopic (exact) mass is 338 g/mol. The Labute approximate surface area is 144 Å². The van der Waals surface area contributed by atoms with Crippen LogP contribution in [0.2, 0.25) is 0 Å². The lowest BCUT2D eigenvalue weighted by Gasteiger charge is -2.26. The maximum Gasteiger partial charge on any atom is 0.408 e. The first-order chi connectivity index (χ1) is 11.3. The minimum atomic E-state index is -0.563. The highest BCUT2D eigenvalue weighted by Crippen LogP contribution is 2.07. The number of benzene rings is 1. The Morgan fingerprint density at radius 3 is 2.50 bits per heavy atom. The summed E-state index contributed by atoms with van der Waals surface area (Å²) in [5, 5.41) is 15.4. The average molecular weight is 338 g/mol. The molecule has 0 radical (unpaired) electrons. The number of amides is 1. The summed E-state index contributed by atoms with van der Waals surface area (Å²) < 4.78 is 10.8. The van der Waals surface area contributed by atoms with Crippen LogP contribution in [0.5, 0.6) is 0 Å². The van der Waals surface area contributed by atoms with Crippen LogP contribution >= 0.6 is 0 Å². The number of carbonyl (C=O) groups excluding carboxylic acids is 1. The first kappa shape index (κ1) is 20.4. The number of nitrogens with one attached hydrogen (secondary N) is 2. The van der Waals surface area contributed by atoms with E-state index in [1.54, 1.807) is 20.8 Å². The standard InChI is InChI=1S/C18H30N2O4/c1-14(16(12-21)20-17(22)24-18(2,3)4)19-10-11-23-13-15-8-6-5-7-9-15/h5-9,14,16,19,21H,10-13H2,1-4H3,(H,20,22). The molecule has 0 saturated carbocycles. The summed E-state index contributed by atoms with van der Waals surface area (Å²) >= 11 is 0. The molecule has 24 heavy (non-hydrogen) atoms. The molecule has 136 valence electrons. The third kappa shape index (κ3) is 8.86. The Morgan fingerprint density at radius 1 is 1.25 bits per heavy atom. The molecule has 3 N–H and O–H groups in total. The molecule has 6 nitrogen and oxygen atoms in total. The lowest BCUT2D eigenvalue weighted by Crippen LogP contribution is -2.52. The van der Waals surface area contributed by atoms with Crippen LogP contribution in [0.4, 0.5) is 4.79 Å². The first-order valence-electron chi connectivity index (χ1n) is 8.27. The fraction of sp³-hybridized carbons (Fsp3) is 0.611. The normalized spacial score (nSPS) is 14.0. The maximum absolute atomic E-state index is 11.8. The zero-order valence-electron chi connectivity index (χ0n) is 15.0. The highest BCUT2D eigenvalue weighted by atomic mass is 16.6. The number of hydrogen-bond donors (Lipinski definition) is 3. The van der Waals surface area contributed by atoms with Gasteiger partial charge in [0.2, 0.25) is 0 Å². The molecule has 0 saturated heterocycles. The quantitative estimate of drug-likeness (QED) is 0.601. The highest BCUT2D eigenvalue weighted by molar-refractivity contribution is 5.68. The van der Waals surface area contributed by atoms with Gasteiger partial charge in [0.25, 0.3) is 0 Å². The van der Waals surface area contributed by atoms with Crippen molar-refractivity contribution in [1.82, 2.24) is 10.6 Å². The van der Waals surface area contributed by atoms with Crippen LogP contribution in [-0.2, 0) is 16.1 Å². The summed E-state index contributed by atoms with van der Waals surface area (Å²) in [5.41, 5.74) is 0.567. The average Bonchev–Trinajstić information content (AvgIpc) is 2.51. The first-order valence-corrected chi connectivity index (χ1v) is 8.27. The third-order valence-electron chi connectivity index (χ3n) is 3.33. The van der Waals surface area contributed by atoms with Crippen LogP contribution in [0.25, 0.3) is 0 Å². The van der Waals surface area contributed by atoms with E-state index in [1.807, 2.05) is 37.3 Å². The lowest BCUT2D eigenvalue weighted by molar-refractivity contribution is 0.0465. The highest BCUT2D eigenvalue weighted by Gasteiger charge is 2.22. The van der Waals surface area contributed by atoms with Crippen LogP contribution in [0.15, 0.2) is 30.3 Å². The molecule has 0 spiro atoms. The molecule has 2 unspecified atom stereocenters. The fourth-order valence-electron chi connectivity index (χ4n) is 2.05. The van der Waals surface area contributed by atoms with E-state index in [2.05, 4.69) is 10.6 Å². The Bertz CT molecular complexity index is 474. The molecule has 0 aliphatic carbocycles. The summed E-state index contributed by atoms with van der Waals surface area (Å²) in [6.45, 7) is 8.86. The minimum absolute atomic E-state index is 0.108. The van der Waals surface area contributed by atoms with Gasteiger partial charge in [-0.15, -0.1) is 0 Å². The molecular formula is C18H30N2O4. The number of aliphatic hydroxyl groups is 1. The zero-order valence-corrected chi connectivity index (χ0v) is 15.0. The Hall–Kier alpha value is -1.63. The molecule has 2 atom stereocenters. The van der Waals surface area contributed by atoms with E-state index >= 15 is 0 Å². The van der Waals surface area contributed by atoms with Gasteiger partial charge in [-0.1, -0.05) is 30.3 Å². The van der Waals surface area contributed by atoms with E-state index in [1.165, 1.54) is 0 Å². The summed E-state index contributed by atoms with van der Waals surface area (Å²) in [6.07, 6.45) is -0.532. The van der Waals surface area contributed by atoms with Gasteiger partial charge in [0.05, 0.1) is 25.9 Å². The number of carbonyl (C=O) groups is 1. The summed E-state index contributed by atoms with van der Waals surface area (Å²) in [6, 6.07) is 9.43. The topological polar surface area (TPSA) is 79.8 Å². The van der Waals surface area contributed by atoms with E-state index in [0.717, 1.165) is 5.56 Å². The second-order valence-electron chi connectivity index (χ2n) is 6.72. The number of hydrogen-bond acceptors (Lipinski definition) is 5. The molecule has 0 aliphatic heterocycles. The molecule has 0 aliphatic rings. The smallest absolute Gasteiger partial charge is 0.408 e. The molecule has 1 amide bonds. The molecular weight excluding hydrogens is 308 g/mol. The maximum atomic E-state index is 11.8. The van der Waals surface area contributed by atoms with Gasteiger partial charge in [0.15, 0.2) is 0 Å². The molecule has 0 aromatic heterocycles. The van der Waals surface area contributed by atoms with Gasteiger partial charge in [-0.25, -0.2) is 4.79 Å². The predicted octanol–water partition coefficient (Wildman–Crippen LogP) is 2.07.